The molecule has 2 aromatic heterocycles. The third-order valence-corrected chi connectivity index (χ3v) is 7.19. The molecule has 2 fully saturated rings. The van der Waals surface area contributed by atoms with Crippen molar-refractivity contribution < 1.29 is 18.3 Å². The van der Waals surface area contributed by atoms with Crippen molar-refractivity contribution in [3.8, 4) is 0 Å². The molecular formula is C18H27N5O4S. The van der Waals surface area contributed by atoms with Crippen LogP contribution in [0.4, 0.5) is 0 Å². The van der Waals surface area contributed by atoms with Gasteiger partial charge < -0.3 is 5.11 Å². The molecule has 28 heavy (non-hydrogen) atoms. The van der Waals surface area contributed by atoms with Crippen molar-refractivity contribution in [2.24, 2.45) is 0 Å². The van der Waals surface area contributed by atoms with Crippen molar-refractivity contribution in [3.63, 3.8) is 0 Å². The van der Waals surface area contributed by atoms with Crippen LogP contribution in [0.5, 0.6) is 0 Å². The van der Waals surface area contributed by atoms with Crippen LogP contribution in [0.15, 0.2) is 30.5 Å². The highest BCUT2D eigenvalue weighted by atomic mass is 32.2. The highest BCUT2D eigenvalue weighted by molar-refractivity contribution is 7.86. The van der Waals surface area contributed by atoms with E-state index in [1.807, 2.05) is 28.9 Å². The van der Waals surface area contributed by atoms with Crippen molar-refractivity contribution in [2.75, 3.05) is 39.3 Å². The fraction of sp³-hybridized carbons (Fsp3) is 0.556. The summed E-state index contributed by atoms with van der Waals surface area (Å²) in [6, 6.07) is 8.18. The van der Waals surface area contributed by atoms with Gasteiger partial charge >= 0.3 is 0 Å². The number of fused-ring (bicyclic) bond motifs is 1. The smallest absolute Gasteiger partial charge is 0.290 e. The van der Waals surface area contributed by atoms with Gasteiger partial charge in [0.05, 0.1) is 11.2 Å². The van der Waals surface area contributed by atoms with Gasteiger partial charge in [0.2, 0.25) is 0 Å². The number of rotatable bonds is 4. The Morgan fingerprint density at radius 3 is 2.39 bits per heavy atom. The van der Waals surface area contributed by atoms with E-state index in [0.29, 0.717) is 26.2 Å². The second kappa shape index (κ2) is 9.46. The van der Waals surface area contributed by atoms with E-state index in [2.05, 4.69) is 16.1 Å². The van der Waals surface area contributed by atoms with E-state index in [4.69, 9.17) is 9.90 Å². The zero-order valence-corrected chi connectivity index (χ0v) is 16.7. The van der Waals surface area contributed by atoms with Gasteiger partial charge in [0.1, 0.15) is 0 Å². The Morgan fingerprint density at radius 1 is 0.964 bits per heavy atom. The summed E-state index contributed by atoms with van der Waals surface area (Å²) >= 11 is 0. The first-order valence-electron chi connectivity index (χ1n) is 9.53. The molecule has 1 N–H and O–H groups in total. The van der Waals surface area contributed by atoms with E-state index < -0.39 is 10.2 Å². The van der Waals surface area contributed by atoms with E-state index in [1.54, 1.807) is 8.61 Å². The highest BCUT2D eigenvalue weighted by Crippen LogP contribution is 2.19. The first-order chi connectivity index (χ1) is 13.6. The first kappa shape index (κ1) is 20.7. The van der Waals surface area contributed by atoms with Gasteiger partial charge in [0, 0.05) is 45.5 Å². The zero-order chi connectivity index (χ0) is 20.0. The summed E-state index contributed by atoms with van der Waals surface area (Å²) in [5.74, 6) is 0. The monoisotopic (exact) mass is 409 g/mol. The second-order valence-electron chi connectivity index (χ2n) is 6.93. The SMILES string of the molecule is O=CO.O=S(=O)(N1CCCC1)N1CCCN(Cc2cccc3ccnn23)CC1. The Labute approximate surface area is 165 Å². The lowest BCUT2D eigenvalue weighted by atomic mass is 10.3. The lowest BCUT2D eigenvalue weighted by Gasteiger charge is -2.26. The van der Waals surface area contributed by atoms with Crippen molar-refractivity contribution in [3.05, 3.63) is 36.2 Å². The topological polar surface area (TPSA) is 98.5 Å². The quantitative estimate of drug-likeness (QED) is 0.753. The molecular weight excluding hydrogens is 382 g/mol. The van der Waals surface area contributed by atoms with Crippen molar-refractivity contribution in [1.82, 2.24) is 23.1 Å². The van der Waals surface area contributed by atoms with Crippen molar-refractivity contribution in [2.45, 2.75) is 25.8 Å². The summed E-state index contributed by atoms with van der Waals surface area (Å²) in [7, 11) is -3.28. The highest BCUT2D eigenvalue weighted by Gasteiger charge is 2.32. The molecule has 10 heteroatoms. The van der Waals surface area contributed by atoms with Gasteiger partial charge in [0.15, 0.2) is 0 Å². The first-order valence-corrected chi connectivity index (χ1v) is 10.9. The molecule has 0 aliphatic carbocycles. The molecule has 2 aliphatic heterocycles. The molecule has 0 aromatic carbocycles. The van der Waals surface area contributed by atoms with Crippen LogP contribution in [-0.4, -0.2) is 82.4 Å². The van der Waals surface area contributed by atoms with Gasteiger partial charge in [-0.25, -0.2) is 4.52 Å². The molecule has 2 saturated heterocycles. The van der Waals surface area contributed by atoms with Crippen LogP contribution in [0, 0.1) is 0 Å². The number of hydrogen-bond acceptors (Lipinski definition) is 5. The normalized spacial score (nSPS) is 19.9. The molecule has 2 aliphatic rings. The summed E-state index contributed by atoms with van der Waals surface area (Å²) in [5, 5.41) is 11.3. The van der Waals surface area contributed by atoms with E-state index in [0.717, 1.165) is 50.1 Å². The average Bonchev–Trinajstić information content (AvgIpc) is 3.32. The Bertz CT molecular complexity index is 879. The fourth-order valence-corrected chi connectivity index (χ4v) is 5.49. The fourth-order valence-electron chi connectivity index (χ4n) is 3.78. The van der Waals surface area contributed by atoms with E-state index in [-0.39, 0.29) is 6.47 Å². The molecule has 0 amide bonds. The summed E-state index contributed by atoms with van der Waals surface area (Å²) in [6.07, 6.45) is 4.63. The molecule has 9 nitrogen and oxygen atoms in total. The molecule has 0 atom stereocenters. The van der Waals surface area contributed by atoms with Gasteiger partial charge in [-0.2, -0.15) is 22.1 Å². The molecule has 0 unspecified atom stereocenters. The van der Waals surface area contributed by atoms with E-state index >= 15 is 0 Å². The Hall–Kier alpha value is -2.01. The number of carboxylic acid groups (broad SMARTS) is 1. The molecule has 0 bridgehead atoms. The lowest BCUT2D eigenvalue weighted by Crippen LogP contribution is -2.44. The number of pyridine rings is 1. The van der Waals surface area contributed by atoms with Crippen LogP contribution in [0.2, 0.25) is 0 Å². The average molecular weight is 410 g/mol. The maximum absolute atomic E-state index is 12.8. The Kier molecular flexibility index (Phi) is 7.00. The molecule has 0 spiro atoms. The zero-order valence-electron chi connectivity index (χ0n) is 15.9. The van der Waals surface area contributed by atoms with Crippen molar-refractivity contribution >= 4 is 22.2 Å². The third kappa shape index (κ3) is 4.69. The van der Waals surface area contributed by atoms with Crippen LogP contribution in [0.3, 0.4) is 0 Å². The van der Waals surface area contributed by atoms with Crippen LogP contribution in [-0.2, 0) is 21.5 Å². The van der Waals surface area contributed by atoms with Crippen LogP contribution < -0.4 is 0 Å². The summed E-state index contributed by atoms with van der Waals surface area (Å²) < 4.78 is 30.8. The molecule has 154 valence electrons. The molecule has 4 rings (SSSR count). The van der Waals surface area contributed by atoms with Gasteiger partial charge in [-0.1, -0.05) is 6.07 Å². The third-order valence-electron chi connectivity index (χ3n) is 5.15. The number of aromatic nitrogens is 2. The molecule has 0 saturated carbocycles. The Balaban J connectivity index is 0.000000706. The minimum atomic E-state index is -3.28. The molecule has 0 radical (unpaired) electrons. The van der Waals surface area contributed by atoms with E-state index in [9.17, 15) is 8.42 Å². The summed E-state index contributed by atoms with van der Waals surface area (Å²) in [4.78, 5) is 10.7. The molecule has 4 heterocycles. The predicted molar refractivity (Wildman–Crippen MR) is 105 cm³/mol. The largest absolute Gasteiger partial charge is 0.483 e. The van der Waals surface area contributed by atoms with Gasteiger partial charge in [-0.15, -0.1) is 0 Å². The predicted octanol–water partition coefficient (Wildman–Crippen LogP) is 0.883. The van der Waals surface area contributed by atoms with Gasteiger partial charge in [-0.05, 0) is 44.0 Å². The summed E-state index contributed by atoms with van der Waals surface area (Å²) in [6.45, 7) is 4.72. The van der Waals surface area contributed by atoms with E-state index in [1.165, 1.54) is 0 Å². The maximum Gasteiger partial charge on any atom is 0.290 e. The van der Waals surface area contributed by atoms with Gasteiger partial charge in [0.25, 0.3) is 16.7 Å². The standard InChI is InChI=1S/C17H25N5O2S.CH2O2/c23-25(24,20-10-1-2-11-20)21-12-4-9-19(13-14-21)15-17-6-3-5-16-7-8-18-22(16)17;2-1-3/h3,5-8H,1-2,4,9-15H2;1H,(H,2,3). The molecule has 2 aromatic rings. The Morgan fingerprint density at radius 2 is 1.64 bits per heavy atom. The van der Waals surface area contributed by atoms with Crippen LogP contribution in [0.1, 0.15) is 25.0 Å². The second-order valence-corrected chi connectivity index (χ2v) is 8.86. The number of carbonyl (C=O) groups is 1. The van der Waals surface area contributed by atoms with Crippen molar-refractivity contribution in [1.29, 1.82) is 0 Å². The lowest BCUT2D eigenvalue weighted by molar-refractivity contribution is -0.122. The minimum absolute atomic E-state index is 0.250. The number of nitrogens with zero attached hydrogens (tertiary/aromatic N) is 5. The van der Waals surface area contributed by atoms with Gasteiger partial charge in [-0.3, -0.25) is 9.69 Å². The number of hydrogen-bond donors (Lipinski definition) is 1. The van der Waals surface area contributed by atoms with Crippen LogP contribution in [0.25, 0.3) is 5.52 Å². The minimum Gasteiger partial charge on any atom is -0.483 e. The van der Waals surface area contributed by atoms with Crippen LogP contribution >= 0.6 is 0 Å². The summed E-state index contributed by atoms with van der Waals surface area (Å²) in [5.41, 5.74) is 2.23. The maximum atomic E-state index is 12.8.